The molecule has 1 fully saturated rings. The molecule has 2 aromatic heterocycles. The zero-order valence-corrected chi connectivity index (χ0v) is 22.9. The van der Waals surface area contributed by atoms with Crippen LogP contribution in [0.15, 0.2) is 55.0 Å². The first-order valence-corrected chi connectivity index (χ1v) is 13.3. The van der Waals surface area contributed by atoms with Gasteiger partial charge in [-0.05, 0) is 55.9 Å². The number of benzene rings is 2. The zero-order chi connectivity index (χ0) is 28.2. The lowest BCUT2D eigenvalue weighted by Crippen LogP contribution is -2.48. The van der Waals surface area contributed by atoms with Crippen LogP contribution in [0, 0.1) is 12.7 Å². The Morgan fingerprint density at radius 3 is 2.88 bits per heavy atom. The van der Waals surface area contributed by atoms with E-state index in [-0.39, 0.29) is 12.0 Å². The normalized spacial score (nSPS) is 15.8. The van der Waals surface area contributed by atoms with Crippen LogP contribution in [0.3, 0.4) is 0 Å². The van der Waals surface area contributed by atoms with E-state index in [4.69, 9.17) is 4.74 Å². The van der Waals surface area contributed by atoms with Crippen LogP contribution < -0.4 is 10.6 Å². The minimum absolute atomic E-state index is 0.0247. The average Bonchev–Trinajstić information content (AvgIpc) is 3.39. The lowest BCUT2D eigenvalue weighted by molar-refractivity contribution is -0.0274. The summed E-state index contributed by atoms with van der Waals surface area (Å²) in [5.41, 5.74) is 4.05. The fraction of sp³-hybridized carbons (Fsp3) is 0.345. The quantitative estimate of drug-likeness (QED) is 0.293. The molecule has 3 N–H and O–H groups in total. The maximum Gasteiger partial charge on any atom is 0.253 e. The van der Waals surface area contributed by atoms with E-state index in [1.54, 1.807) is 34.0 Å². The summed E-state index contributed by atoms with van der Waals surface area (Å²) in [5.74, 6) is -0.607. The Labute approximate surface area is 232 Å². The summed E-state index contributed by atoms with van der Waals surface area (Å²) in [7, 11) is 3.75. The lowest BCUT2D eigenvalue weighted by Gasteiger charge is -2.33. The van der Waals surface area contributed by atoms with Gasteiger partial charge >= 0.3 is 0 Å². The number of carbonyl (C=O) groups is 1. The molecule has 2 aromatic carbocycles. The van der Waals surface area contributed by atoms with Gasteiger partial charge in [-0.3, -0.25) is 14.1 Å². The van der Waals surface area contributed by atoms with Crippen LogP contribution in [-0.2, 0) is 4.74 Å². The van der Waals surface area contributed by atoms with Crippen LogP contribution in [0.25, 0.3) is 16.9 Å². The number of likely N-dealkylation sites (N-methyl/N-ethyl adjacent to an activating group) is 2. The number of anilines is 2. The van der Waals surface area contributed by atoms with E-state index in [1.165, 1.54) is 12.1 Å². The lowest BCUT2D eigenvalue weighted by atomic mass is 10.1. The largest absolute Gasteiger partial charge is 0.505 e. The van der Waals surface area contributed by atoms with E-state index in [2.05, 4.69) is 25.5 Å². The van der Waals surface area contributed by atoms with E-state index in [9.17, 15) is 14.3 Å². The van der Waals surface area contributed by atoms with Gasteiger partial charge in [-0.2, -0.15) is 0 Å². The van der Waals surface area contributed by atoms with Crippen LogP contribution in [0.5, 0.6) is 5.75 Å². The second kappa shape index (κ2) is 12.0. The summed E-state index contributed by atoms with van der Waals surface area (Å²) in [6.07, 6.45) is 5.18. The average molecular weight is 548 g/mol. The van der Waals surface area contributed by atoms with Crippen molar-refractivity contribution < 1.29 is 19.0 Å². The molecule has 4 aromatic rings. The summed E-state index contributed by atoms with van der Waals surface area (Å²) >= 11 is 0. The third kappa shape index (κ3) is 5.91. The number of ether oxygens (including phenoxy) is 1. The fourth-order valence-corrected chi connectivity index (χ4v) is 4.94. The Kier molecular flexibility index (Phi) is 8.24. The number of morpholine rings is 1. The van der Waals surface area contributed by atoms with Gasteiger partial charge in [0.25, 0.3) is 5.91 Å². The van der Waals surface area contributed by atoms with Crippen molar-refractivity contribution in [3.63, 3.8) is 0 Å². The van der Waals surface area contributed by atoms with E-state index >= 15 is 0 Å². The molecule has 0 bridgehead atoms. The van der Waals surface area contributed by atoms with E-state index in [0.29, 0.717) is 41.4 Å². The highest BCUT2D eigenvalue weighted by Gasteiger charge is 2.21. The molecule has 1 aliphatic rings. The van der Waals surface area contributed by atoms with Crippen molar-refractivity contribution in [1.29, 1.82) is 0 Å². The highest BCUT2D eigenvalue weighted by molar-refractivity contribution is 5.96. The number of hydrogen-bond donors (Lipinski definition) is 3. The monoisotopic (exact) mass is 547 g/mol. The van der Waals surface area contributed by atoms with Gasteiger partial charge in [0.05, 0.1) is 24.6 Å². The van der Waals surface area contributed by atoms with Crippen molar-refractivity contribution in [1.82, 2.24) is 29.5 Å². The van der Waals surface area contributed by atoms with Gasteiger partial charge in [0.15, 0.2) is 23.0 Å². The molecule has 1 aliphatic heterocycles. The molecule has 3 heterocycles. The molecule has 1 amide bonds. The van der Waals surface area contributed by atoms with Gasteiger partial charge in [-0.15, -0.1) is 0 Å². The maximum absolute atomic E-state index is 13.9. The van der Waals surface area contributed by atoms with Gasteiger partial charge in [0, 0.05) is 69.0 Å². The van der Waals surface area contributed by atoms with Gasteiger partial charge in [-0.1, -0.05) is 0 Å². The smallest absolute Gasteiger partial charge is 0.253 e. The van der Waals surface area contributed by atoms with Crippen molar-refractivity contribution in [3.05, 3.63) is 71.9 Å². The second-order valence-electron chi connectivity index (χ2n) is 10.0. The number of aryl methyl sites for hydroxylation is 1. The highest BCUT2D eigenvalue weighted by atomic mass is 19.1. The second-order valence-corrected chi connectivity index (χ2v) is 10.0. The SMILES string of the molecule is CNCC1CN(CCN(C)C(=O)c2ccc(Nc3nccn4c(-c5ccc(O)c(F)c5)cnc34)cc2C)CCO1. The third-order valence-electron chi connectivity index (χ3n) is 7.14. The number of rotatable bonds is 9. The van der Waals surface area contributed by atoms with Crippen molar-refractivity contribution in [2.75, 3.05) is 58.7 Å². The summed E-state index contributed by atoms with van der Waals surface area (Å²) in [6.45, 7) is 6.58. The first-order chi connectivity index (χ1) is 19.3. The molecule has 1 saturated heterocycles. The minimum Gasteiger partial charge on any atom is -0.505 e. The molecule has 1 atom stereocenters. The topological polar surface area (TPSA) is 107 Å². The van der Waals surface area contributed by atoms with Crippen LogP contribution in [0.2, 0.25) is 0 Å². The van der Waals surface area contributed by atoms with Crippen LogP contribution in [0.1, 0.15) is 15.9 Å². The Hall–Kier alpha value is -4.06. The molecule has 10 nitrogen and oxygen atoms in total. The molecule has 5 rings (SSSR count). The van der Waals surface area contributed by atoms with E-state index < -0.39 is 11.6 Å². The maximum atomic E-state index is 13.9. The molecular weight excluding hydrogens is 513 g/mol. The molecule has 0 aliphatic carbocycles. The number of hydrogen-bond acceptors (Lipinski definition) is 8. The predicted octanol–water partition coefficient (Wildman–Crippen LogP) is 3.29. The fourth-order valence-electron chi connectivity index (χ4n) is 4.94. The first-order valence-electron chi connectivity index (χ1n) is 13.3. The summed E-state index contributed by atoms with van der Waals surface area (Å²) < 4.78 is 21.5. The van der Waals surface area contributed by atoms with Crippen molar-refractivity contribution in [2.24, 2.45) is 0 Å². The number of fused-ring (bicyclic) bond motifs is 1. The van der Waals surface area contributed by atoms with Crippen molar-refractivity contribution >= 4 is 23.1 Å². The summed E-state index contributed by atoms with van der Waals surface area (Å²) in [4.78, 5) is 26.2. The minimum atomic E-state index is -0.699. The van der Waals surface area contributed by atoms with Gasteiger partial charge < -0.3 is 25.4 Å². The molecule has 0 spiro atoms. The molecule has 210 valence electrons. The number of aromatic hydroxyl groups is 1. The predicted molar refractivity (Wildman–Crippen MR) is 152 cm³/mol. The first kappa shape index (κ1) is 27.5. The molecule has 0 saturated carbocycles. The van der Waals surface area contributed by atoms with Gasteiger partial charge in [-0.25, -0.2) is 14.4 Å². The van der Waals surface area contributed by atoms with Gasteiger partial charge in [0.1, 0.15) is 0 Å². The number of carbonyl (C=O) groups excluding carboxylic acids is 1. The molecule has 40 heavy (non-hydrogen) atoms. The van der Waals surface area contributed by atoms with E-state index in [0.717, 1.165) is 37.4 Å². The van der Waals surface area contributed by atoms with Crippen LogP contribution in [0.4, 0.5) is 15.9 Å². The van der Waals surface area contributed by atoms with Crippen molar-refractivity contribution in [2.45, 2.75) is 13.0 Å². The number of phenols is 1. The number of phenolic OH excluding ortho intramolecular Hbond substituents is 1. The Bertz CT molecular complexity index is 1510. The Balaban J connectivity index is 1.26. The number of imidazole rings is 1. The molecule has 1 unspecified atom stereocenters. The Morgan fingerprint density at radius 1 is 1.25 bits per heavy atom. The summed E-state index contributed by atoms with van der Waals surface area (Å²) in [6, 6.07) is 9.80. The van der Waals surface area contributed by atoms with Crippen molar-refractivity contribution in [3.8, 4) is 17.0 Å². The zero-order valence-electron chi connectivity index (χ0n) is 22.9. The number of halogens is 1. The number of aromatic nitrogens is 3. The highest BCUT2D eigenvalue weighted by Crippen LogP contribution is 2.28. The van der Waals surface area contributed by atoms with E-state index in [1.807, 2.05) is 39.2 Å². The molecule has 11 heteroatoms. The molecule has 0 radical (unpaired) electrons. The van der Waals surface area contributed by atoms with Crippen LogP contribution >= 0.6 is 0 Å². The van der Waals surface area contributed by atoms with Crippen LogP contribution in [-0.4, -0.2) is 94.7 Å². The van der Waals surface area contributed by atoms with Gasteiger partial charge in [0.2, 0.25) is 0 Å². The number of nitrogens with one attached hydrogen (secondary N) is 2. The standard InChI is InChI=1S/C29H34FN7O3/c1-19-14-21(5-6-23(19)29(39)35(3)10-11-36-12-13-40-22(18-36)16-31-2)34-27-28-33-17-25(37(28)9-8-32-27)20-4-7-26(38)24(30)15-20/h4-9,14-15,17,22,31,38H,10-13,16,18H2,1-3H3,(H,32,34). The number of amides is 1. The third-order valence-corrected chi connectivity index (χ3v) is 7.14. The molecular formula is C29H34FN7O3. The summed E-state index contributed by atoms with van der Waals surface area (Å²) in [5, 5.41) is 16.0. The number of nitrogens with zero attached hydrogens (tertiary/aromatic N) is 5. The Morgan fingerprint density at radius 2 is 2.10 bits per heavy atom.